The molecule has 1 amide bonds. The predicted octanol–water partition coefficient (Wildman–Crippen LogP) is 3.60. The molecular weight excluding hydrogens is 386 g/mol. The van der Waals surface area contributed by atoms with Gasteiger partial charge in [0.05, 0.1) is 9.77 Å². The molecule has 4 rings (SSSR count). The quantitative estimate of drug-likeness (QED) is 0.722. The number of ether oxygens (including phenoxy) is 2. The molecule has 3 aromatic rings. The molecule has 8 heteroatoms. The Morgan fingerprint density at radius 2 is 1.67 bits per heavy atom. The van der Waals surface area contributed by atoms with E-state index < -0.39 is 9.84 Å². The van der Waals surface area contributed by atoms with Crippen LogP contribution in [0, 0.1) is 0 Å². The first kappa shape index (κ1) is 17.6. The summed E-state index contributed by atoms with van der Waals surface area (Å²) in [6.45, 7) is 0.947. The fourth-order valence-electron chi connectivity index (χ4n) is 2.62. The molecule has 2 aromatic carbocycles. The second-order valence-electron chi connectivity index (χ2n) is 5.75. The van der Waals surface area contributed by atoms with Gasteiger partial charge in [-0.15, -0.1) is 11.3 Å². The summed E-state index contributed by atoms with van der Waals surface area (Å²) in [6, 6.07) is 16.2. The van der Waals surface area contributed by atoms with Crippen molar-refractivity contribution in [3.63, 3.8) is 0 Å². The zero-order valence-corrected chi connectivity index (χ0v) is 15.7. The van der Waals surface area contributed by atoms with E-state index in [0.717, 1.165) is 11.3 Å². The number of thiophene rings is 1. The summed E-state index contributed by atoms with van der Waals surface area (Å²) in [5.41, 5.74) is 0.546. The number of sulfone groups is 1. The van der Waals surface area contributed by atoms with Gasteiger partial charge in [0.2, 0.25) is 9.84 Å². The fraction of sp³-hybridized carbons (Fsp3) is 0.105. The predicted molar refractivity (Wildman–Crippen MR) is 102 cm³/mol. The highest BCUT2D eigenvalue weighted by molar-refractivity contribution is 7.93. The Hall–Kier alpha value is -2.84. The van der Waals surface area contributed by atoms with E-state index in [1.807, 2.05) is 0 Å². The molecule has 0 fully saturated rings. The number of carbonyl (C=O) groups excluding carboxylic acids is 1. The highest BCUT2D eigenvalue weighted by Crippen LogP contribution is 2.33. The molecule has 1 aliphatic heterocycles. The maximum Gasteiger partial charge on any atom is 0.265 e. The summed E-state index contributed by atoms with van der Waals surface area (Å²) in [5, 5.41) is 2.75. The van der Waals surface area contributed by atoms with E-state index in [1.165, 1.54) is 24.3 Å². The number of hydrogen-bond donors (Lipinski definition) is 1. The second-order valence-corrected chi connectivity index (χ2v) is 9.01. The van der Waals surface area contributed by atoms with Crippen LogP contribution in [-0.2, 0) is 9.84 Å². The van der Waals surface area contributed by atoms with Gasteiger partial charge in [0.1, 0.15) is 17.4 Å². The van der Waals surface area contributed by atoms with E-state index in [0.29, 0.717) is 35.3 Å². The maximum absolute atomic E-state index is 12.6. The summed E-state index contributed by atoms with van der Waals surface area (Å²) in [6.07, 6.45) is 0. The van der Waals surface area contributed by atoms with E-state index in [1.54, 1.807) is 36.4 Å². The molecule has 2 heterocycles. The Morgan fingerprint density at radius 1 is 0.926 bits per heavy atom. The van der Waals surface area contributed by atoms with Gasteiger partial charge in [-0.1, -0.05) is 18.2 Å². The van der Waals surface area contributed by atoms with Crippen LogP contribution in [0.15, 0.2) is 69.8 Å². The van der Waals surface area contributed by atoms with Crippen molar-refractivity contribution in [1.82, 2.24) is 0 Å². The van der Waals surface area contributed by atoms with Crippen LogP contribution in [0.4, 0.5) is 5.69 Å². The van der Waals surface area contributed by atoms with Crippen molar-refractivity contribution in [3.8, 4) is 11.5 Å². The highest BCUT2D eigenvalue weighted by Gasteiger charge is 2.22. The van der Waals surface area contributed by atoms with Crippen molar-refractivity contribution in [2.45, 2.75) is 9.10 Å². The lowest BCUT2D eigenvalue weighted by molar-refractivity contribution is 0.103. The van der Waals surface area contributed by atoms with Gasteiger partial charge in [-0.25, -0.2) is 8.42 Å². The maximum atomic E-state index is 12.6. The van der Waals surface area contributed by atoms with Gasteiger partial charge in [-0.3, -0.25) is 4.79 Å². The molecule has 1 aliphatic rings. The zero-order valence-electron chi connectivity index (χ0n) is 14.0. The van der Waals surface area contributed by atoms with Gasteiger partial charge in [0, 0.05) is 11.8 Å². The molecule has 0 aliphatic carbocycles. The van der Waals surface area contributed by atoms with Crippen LogP contribution < -0.4 is 14.8 Å². The van der Waals surface area contributed by atoms with Crippen LogP contribution in [0.5, 0.6) is 11.5 Å². The average Bonchev–Trinajstić information content (AvgIpc) is 3.20. The molecule has 0 spiro atoms. The van der Waals surface area contributed by atoms with Crippen molar-refractivity contribution in [2.24, 2.45) is 0 Å². The van der Waals surface area contributed by atoms with Gasteiger partial charge in [-0.2, -0.15) is 0 Å². The monoisotopic (exact) mass is 401 g/mol. The number of hydrogen-bond acceptors (Lipinski definition) is 6. The van der Waals surface area contributed by atoms with Gasteiger partial charge in [0.25, 0.3) is 5.91 Å². The summed E-state index contributed by atoms with van der Waals surface area (Å²) in [5.74, 6) is 0.815. The van der Waals surface area contributed by atoms with Gasteiger partial charge < -0.3 is 14.8 Å². The molecule has 6 nitrogen and oxygen atoms in total. The Morgan fingerprint density at radius 3 is 2.44 bits per heavy atom. The lowest BCUT2D eigenvalue weighted by Gasteiger charge is -2.18. The second kappa shape index (κ2) is 7.05. The highest BCUT2D eigenvalue weighted by atomic mass is 32.2. The van der Waals surface area contributed by atoms with Gasteiger partial charge in [-0.05, 0) is 36.4 Å². The van der Waals surface area contributed by atoms with E-state index in [-0.39, 0.29) is 15.0 Å². The van der Waals surface area contributed by atoms with Gasteiger partial charge in [0.15, 0.2) is 11.5 Å². The van der Waals surface area contributed by atoms with Crippen LogP contribution in [0.1, 0.15) is 9.67 Å². The Labute approximate surface area is 160 Å². The molecular formula is C19H15NO5S2. The van der Waals surface area contributed by atoms with E-state index in [4.69, 9.17) is 9.47 Å². The minimum absolute atomic E-state index is 0.126. The Balaban J connectivity index is 1.54. The Bertz CT molecular complexity index is 1090. The third-order valence-electron chi connectivity index (χ3n) is 3.92. The molecule has 0 unspecified atom stereocenters. The third-order valence-corrected chi connectivity index (χ3v) is 7.27. The largest absolute Gasteiger partial charge is 0.486 e. The van der Waals surface area contributed by atoms with E-state index in [2.05, 4.69) is 5.32 Å². The summed E-state index contributed by atoms with van der Waals surface area (Å²) < 4.78 is 36.3. The fourth-order valence-corrected chi connectivity index (χ4v) is 5.24. The van der Waals surface area contributed by atoms with Gasteiger partial charge >= 0.3 is 0 Å². The lowest BCUT2D eigenvalue weighted by atomic mass is 10.2. The SMILES string of the molecule is O=C(Nc1ccc2c(c1)OCCO2)c1ccc(S(=O)(=O)c2ccccc2)s1. The first-order chi connectivity index (χ1) is 13.0. The first-order valence-corrected chi connectivity index (χ1v) is 10.4. The smallest absolute Gasteiger partial charge is 0.265 e. The number of anilines is 1. The van der Waals surface area contributed by atoms with Crippen molar-refractivity contribution < 1.29 is 22.7 Å². The summed E-state index contributed by atoms with van der Waals surface area (Å²) >= 11 is 0.935. The number of nitrogens with one attached hydrogen (secondary N) is 1. The number of rotatable bonds is 4. The minimum atomic E-state index is -3.63. The van der Waals surface area contributed by atoms with Crippen molar-refractivity contribution in [2.75, 3.05) is 18.5 Å². The summed E-state index contributed by atoms with van der Waals surface area (Å²) in [4.78, 5) is 13.0. The topological polar surface area (TPSA) is 81.7 Å². The van der Waals surface area contributed by atoms with Crippen molar-refractivity contribution >= 4 is 32.8 Å². The molecule has 27 heavy (non-hydrogen) atoms. The van der Waals surface area contributed by atoms with Crippen LogP contribution in [-0.4, -0.2) is 27.5 Å². The molecule has 0 bridgehead atoms. The van der Waals surface area contributed by atoms with Crippen LogP contribution >= 0.6 is 11.3 Å². The Kier molecular flexibility index (Phi) is 4.59. The molecule has 0 saturated heterocycles. The standard InChI is InChI=1S/C19H15NO5S2/c21-19(20-13-6-7-15-16(12-13)25-11-10-24-15)17-8-9-18(26-17)27(22,23)14-4-2-1-3-5-14/h1-9,12H,10-11H2,(H,20,21). The number of carbonyl (C=O) groups is 1. The third kappa shape index (κ3) is 3.54. The van der Waals surface area contributed by atoms with E-state index >= 15 is 0 Å². The average molecular weight is 401 g/mol. The minimum Gasteiger partial charge on any atom is -0.486 e. The van der Waals surface area contributed by atoms with E-state index in [9.17, 15) is 13.2 Å². The van der Waals surface area contributed by atoms with Crippen LogP contribution in [0.2, 0.25) is 0 Å². The number of benzene rings is 2. The molecule has 0 radical (unpaired) electrons. The van der Waals surface area contributed by atoms with Crippen molar-refractivity contribution in [1.29, 1.82) is 0 Å². The molecule has 1 N–H and O–H groups in total. The van der Waals surface area contributed by atoms with Crippen LogP contribution in [0.25, 0.3) is 0 Å². The zero-order chi connectivity index (χ0) is 18.9. The molecule has 0 atom stereocenters. The molecule has 0 saturated carbocycles. The number of amides is 1. The normalized spacial score (nSPS) is 13.2. The molecule has 138 valence electrons. The van der Waals surface area contributed by atoms with Crippen LogP contribution in [0.3, 0.4) is 0 Å². The number of fused-ring (bicyclic) bond motifs is 1. The lowest BCUT2D eigenvalue weighted by Crippen LogP contribution is -2.16. The van der Waals surface area contributed by atoms with Crippen molar-refractivity contribution in [3.05, 3.63) is 65.5 Å². The first-order valence-electron chi connectivity index (χ1n) is 8.15. The molecule has 1 aromatic heterocycles. The summed E-state index contributed by atoms with van der Waals surface area (Å²) in [7, 11) is -3.63.